The zero-order chi connectivity index (χ0) is 17.5. The molecule has 1 aromatic heterocycles. The third-order valence-electron chi connectivity index (χ3n) is 4.06. The minimum absolute atomic E-state index is 0.0689. The maximum atomic E-state index is 12.6. The molecule has 0 aliphatic heterocycles. The van der Waals surface area contributed by atoms with Crippen LogP contribution in [0.1, 0.15) is 25.7 Å². The molecule has 3 rings (SSSR count). The molecule has 0 aliphatic carbocycles. The summed E-state index contributed by atoms with van der Waals surface area (Å²) in [6.45, 7) is 0.625. The summed E-state index contributed by atoms with van der Waals surface area (Å²) < 4.78 is 13.0. The highest BCUT2D eigenvalue weighted by molar-refractivity contribution is 14.1. The fraction of sp³-hybridized carbons (Fsp3) is 0.286. The minimum Gasteiger partial charge on any atom is -0.493 e. The molecule has 130 valence electrons. The van der Waals surface area contributed by atoms with E-state index in [1.807, 2.05) is 48.5 Å². The van der Waals surface area contributed by atoms with Gasteiger partial charge in [-0.3, -0.25) is 4.79 Å². The number of alkyl halides is 1. The van der Waals surface area contributed by atoms with Crippen molar-refractivity contribution in [2.24, 2.45) is 0 Å². The van der Waals surface area contributed by atoms with Crippen molar-refractivity contribution in [3.8, 4) is 17.1 Å². The van der Waals surface area contributed by atoms with Gasteiger partial charge in [0.15, 0.2) is 5.43 Å². The van der Waals surface area contributed by atoms with Crippen LogP contribution in [0.3, 0.4) is 0 Å². The van der Waals surface area contributed by atoms with Crippen molar-refractivity contribution in [2.45, 2.75) is 25.7 Å². The summed E-state index contributed by atoms with van der Waals surface area (Å²) in [5, 5.41) is 0.523. The second-order valence-electron chi connectivity index (χ2n) is 5.92. The summed E-state index contributed by atoms with van der Waals surface area (Å²) in [5.74, 6) is 1.19. The predicted octanol–water partition coefficient (Wildman–Crippen LogP) is 5.83. The highest BCUT2D eigenvalue weighted by atomic mass is 127. The first-order chi connectivity index (χ1) is 12.3. The number of fused-ring (bicyclic) bond motifs is 1. The summed E-state index contributed by atoms with van der Waals surface area (Å²) in [7, 11) is 0. The van der Waals surface area contributed by atoms with Crippen LogP contribution in [0.4, 0.5) is 0 Å². The largest absolute Gasteiger partial charge is 0.493 e. The Balaban J connectivity index is 1.81. The maximum absolute atomic E-state index is 12.6. The van der Waals surface area contributed by atoms with Crippen LogP contribution in [0.15, 0.2) is 63.8 Å². The van der Waals surface area contributed by atoms with Crippen molar-refractivity contribution >= 4 is 33.6 Å². The van der Waals surface area contributed by atoms with Gasteiger partial charge in [0.1, 0.15) is 22.5 Å². The van der Waals surface area contributed by atoms with E-state index in [0.717, 1.165) is 18.4 Å². The molecule has 0 fully saturated rings. The number of benzene rings is 2. The molecular formula is C21H21IO3. The normalized spacial score (nSPS) is 10.9. The Labute approximate surface area is 161 Å². The van der Waals surface area contributed by atoms with Gasteiger partial charge in [0, 0.05) is 11.6 Å². The molecule has 4 heteroatoms. The zero-order valence-electron chi connectivity index (χ0n) is 14.0. The van der Waals surface area contributed by atoms with Gasteiger partial charge in [-0.25, -0.2) is 0 Å². The predicted molar refractivity (Wildman–Crippen MR) is 111 cm³/mol. The molecule has 2 aromatic carbocycles. The van der Waals surface area contributed by atoms with E-state index >= 15 is 0 Å². The molecule has 0 radical (unpaired) electrons. The molecule has 25 heavy (non-hydrogen) atoms. The van der Waals surface area contributed by atoms with E-state index in [2.05, 4.69) is 22.6 Å². The molecule has 3 aromatic rings. The smallest absolute Gasteiger partial charge is 0.197 e. The van der Waals surface area contributed by atoms with E-state index in [4.69, 9.17) is 9.15 Å². The summed E-state index contributed by atoms with van der Waals surface area (Å²) in [4.78, 5) is 12.6. The Morgan fingerprint density at radius 2 is 1.72 bits per heavy atom. The van der Waals surface area contributed by atoms with E-state index in [0.29, 0.717) is 29.1 Å². The third-order valence-corrected chi connectivity index (χ3v) is 4.82. The number of rotatable bonds is 8. The second-order valence-corrected chi connectivity index (χ2v) is 7.00. The van der Waals surface area contributed by atoms with Crippen LogP contribution in [0, 0.1) is 0 Å². The molecule has 0 N–H and O–H groups in total. The van der Waals surface area contributed by atoms with E-state index in [1.54, 1.807) is 6.07 Å². The van der Waals surface area contributed by atoms with Gasteiger partial charge in [0.25, 0.3) is 0 Å². The van der Waals surface area contributed by atoms with Gasteiger partial charge in [0.2, 0.25) is 0 Å². The molecule has 0 saturated heterocycles. The average molecular weight is 448 g/mol. The zero-order valence-corrected chi connectivity index (χ0v) is 16.2. The lowest BCUT2D eigenvalue weighted by Gasteiger charge is -2.09. The van der Waals surface area contributed by atoms with Crippen LogP contribution in [0.5, 0.6) is 5.75 Å². The van der Waals surface area contributed by atoms with Gasteiger partial charge in [0.05, 0.1) is 6.61 Å². The quantitative estimate of drug-likeness (QED) is 0.247. The fourth-order valence-corrected chi connectivity index (χ4v) is 3.31. The number of unbranched alkanes of at least 4 members (excludes halogenated alkanes) is 3. The lowest BCUT2D eigenvalue weighted by molar-refractivity contribution is 0.308. The van der Waals surface area contributed by atoms with Gasteiger partial charge in [-0.2, -0.15) is 0 Å². The molecule has 0 aliphatic rings. The number of hydrogen-bond donors (Lipinski definition) is 0. The van der Waals surface area contributed by atoms with Crippen molar-refractivity contribution in [2.75, 3.05) is 11.0 Å². The number of halogens is 1. The molecular weight excluding hydrogens is 427 g/mol. The van der Waals surface area contributed by atoms with E-state index in [1.165, 1.54) is 17.3 Å². The van der Waals surface area contributed by atoms with Crippen molar-refractivity contribution < 1.29 is 9.15 Å². The molecule has 3 nitrogen and oxygen atoms in total. The second kappa shape index (κ2) is 9.04. The van der Waals surface area contributed by atoms with Crippen LogP contribution >= 0.6 is 22.6 Å². The van der Waals surface area contributed by atoms with Gasteiger partial charge in [-0.05, 0) is 29.4 Å². The summed E-state index contributed by atoms with van der Waals surface area (Å²) in [5.41, 5.74) is 1.39. The number of hydrogen-bond acceptors (Lipinski definition) is 3. The summed E-state index contributed by atoms with van der Waals surface area (Å²) in [6.07, 6.45) is 4.63. The Morgan fingerprint density at radius 1 is 0.920 bits per heavy atom. The first-order valence-corrected chi connectivity index (χ1v) is 10.1. The fourth-order valence-electron chi connectivity index (χ4n) is 2.78. The highest BCUT2D eigenvalue weighted by Crippen LogP contribution is 2.27. The maximum Gasteiger partial charge on any atom is 0.197 e. The number of ether oxygens (including phenoxy) is 1. The van der Waals surface area contributed by atoms with Crippen LogP contribution in [0.25, 0.3) is 22.3 Å². The van der Waals surface area contributed by atoms with Crippen molar-refractivity contribution in [3.05, 3.63) is 64.8 Å². The van der Waals surface area contributed by atoms with E-state index in [9.17, 15) is 4.79 Å². The first kappa shape index (κ1) is 18.0. The molecule has 0 amide bonds. The molecule has 0 bridgehead atoms. The lowest BCUT2D eigenvalue weighted by Crippen LogP contribution is -2.05. The van der Waals surface area contributed by atoms with Crippen LogP contribution in [-0.4, -0.2) is 11.0 Å². The standard InChI is InChI=1S/C21H21IO3/c22-13-6-1-2-7-14-24-18-11-8-12-19-21(18)17(23)15-20(25-19)16-9-4-3-5-10-16/h3-5,8-12,15H,1-2,6-7,13-14H2. The van der Waals surface area contributed by atoms with Gasteiger partial charge < -0.3 is 9.15 Å². The van der Waals surface area contributed by atoms with Gasteiger partial charge >= 0.3 is 0 Å². The molecule has 0 saturated carbocycles. The Kier molecular flexibility index (Phi) is 6.50. The SMILES string of the molecule is O=c1cc(-c2ccccc2)oc2cccc(OCCCCCCI)c12. The van der Waals surface area contributed by atoms with Gasteiger partial charge in [-0.15, -0.1) is 0 Å². The Bertz CT molecular complexity index is 871. The molecule has 0 unspecified atom stereocenters. The average Bonchev–Trinajstić information content (AvgIpc) is 2.65. The topological polar surface area (TPSA) is 39.4 Å². The van der Waals surface area contributed by atoms with Crippen molar-refractivity contribution in [3.63, 3.8) is 0 Å². The molecule has 1 heterocycles. The third kappa shape index (κ3) is 4.63. The minimum atomic E-state index is -0.0689. The highest BCUT2D eigenvalue weighted by Gasteiger charge is 2.11. The van der Waals surface area contributed by atoms with Crippen LogP contribution in [-0.2, 0) is 0 Å². The summed E-state index contributed by atoms with van der Waals surface area (Å²) in [6, 6.07) is 16.7. The molecule has 0 spiro atoms. The molecule has 0 atom stereocenters. The Hall–Kier alpha value is -1.82. The van der Waals surface area contributed by atoms with Crippen LogP contribution < -0.4 is 10.2 Å². The van der Waals surface area contributed by atoms with Crippen molar-refractivity contribution in [1.29, 1.82) is 0 Å². The van der Waals surface area contributed by atoms with Crippen LogP contribution in [0.2, 0.25) is 0 Å². The van der Waals surface area contributed by atoms with Crippen molar-refractivity contribution in [1.82, 2.24) is 0 Å². The van der Waals surface area contributed by atoms with E-state index in [-0.39, 0.29) is 5.43 Å². The first-order valence-electron chi connectivity index (χ1n) is 8.60. The monoisotopic (exact) mass is 448 g/mol. The lowest BCUT2D eigenvalue weighted by atomic mass is 10.1. The Morgan fingerprint density at radius 3 is 2.52 bits per heavy atom. The van der Waals surface area contributed by atoms with E-state index < -0.39 is 0 Å². The summed E-state index contributed by atoms with van der Waals surface area (Å²) >= 11 is 2.40. The van der Waals surface area contributed by atoms with Gasteiger partial charge in [-0.1, -0.05) is 71.8 Å².